The van der Waals surface area contributed by atoms with E-state index >= 15 is 0 Å². The molecule has 4 rings (SSSR count). The van der Waals surface area contributed by atoms with Gasteiger partial charge in [-0.3, -0.25) is 0 Å². The molecule has 0 atom stereocenters. The number of benzene rings is 2. The molecular formula is C16H12N6O. The van der Waals surface area contributed by atoms with Gasteiger partial charge in [0.1, 0.15) is 0 Å². The standard InChI is InChI=1S/C16H12N6O/c17-14-13(19-21-22(14)12-9-5-2-6-10-12)16-18-15(20-23-16)11-7-3-1-4-8-11/h1-10H,17H2. The first kappa shape index (κ1) is 13.2. The first-order valence-electron chi connectivity index (χ1n) is 6.99. The normalized spacial score (nSPS) is 10.8. The van der Waals surface area contributed by atoms with E-state index in [1.807, 2.05) is 60.7 Å². The van der Waals surface area contributed by atoms with Crippen molar-refractivity contribution in [2.24, 2.45) is 0 Å². The van der Waals surface area contributed by atoms with Gasteiger partial charge in [-0.05, 0) is 12.1 Å². The third kappa shape index (κ3) is 2.34. The maximum atomic E-state index is 6.13. The average molecular weight is 304 g/mol. The summed E-state index contributed by atoms with van der Waals surface area (Å²) in [5, 5.41) is 12.1. The molecular weight excluding hydrogens is 292 g/mol. The van der Waals surface area contributed by atoms with E-state index in [9.17, 15) is 0 Å². The Hall–Kier alpha value is -3.48. The van der Waals surface area contributed by atoms with Crippen LogP contribution in [0.5, 0.6) is 0 Å². The van der Waals surface area contributed by atoms with E-state index in [0.717, 1.165) is 11.3 Å². The number of aromatic nitrogens is 5. The van der Waals surface area contributed by atoms with Gasteiger partial charge >= 0.3 is 0 Å². The lowest BCUT2D eigenvalue weighted by Crippen LogP contribution is -2.01. The summed E-state index contributed by atoms with van der Waals surface area (Å²) in [5.41, 5.74) is 8.16. The molecule has 7 heteroatoms. The van der Waals surface area contributed by atoms with Gasteiger partial charge in [0.15, 0.2) is 11.5 Å². The zero-order chi connectivity index (χ0) is 15.6. The molecule has 2 N–H and O–H groups in total. The minimum absolute atomic E-state index is 0.239. The molecule has 0 radical (unpaired) electrons. The van der Waals surface area contributed by atoms with E-state index < -0.39 is 0 Å². The van der Waals surface area contributed by atoms with Gasteiger partial charge in [-0.1, -0.05) is 58.9 Å². The Balaban J connectivity index is 1.73. The van der Waals surface area contributed by atoms with E-state index in [1.54, 1.807) is 0 Å². The van der Waals surface area contributed by atoms with Crippen molar-refractivity contribution in [1.82, 2.24) is 25.1 Å². The van der Waals surface area contributed by atoms with Crippen LogP contribution in [0.25, 0.3) is 28.7 Å². The van der Waals surface area contributed by atoms with Crippen LogP contribution in [-0.2, 0) is 0 Å². The fraction of sp³-hybridized carbons (Fsp3) is 0. The number of nitrogens with zero attached hydrogens (tertiary/aromatic N) is 5. The smallest absolute Gasteiger partial charge is 0.282 e. The molecule has 0 fully saturated rings. The maximum absolute atomic E-state index is 6.13. The highest BCUT2D eigenvalue weighted by Crippen LogP contribution is 2.26. The molecule has 0 unspecified atom stereocenters. The quantitative estimate of drug-likeness (QED) is 0.625. The molecule has 112 valence electrons. The first-order chi connectivity index (χ1) is 11.3. The van der Waals surface area contributed by atoms with Crippen molar-refractivity contribution in [3.05, 3.63) is 60.7 Å². The van der Waals surface area contributed by atoms with Crippen molar-refractivity contribution < 1.29 is 4.52 Å². The van der Waals surface area contributed by atoms with Crippen molar-refractivity contribution in [3.8, 4) is 28.7 Å². The van der Waals surface area contributed by atoms with E-state index in [4.69, 9.17) is 10.3 Å². The summed E-state index contributed by atoms with van der Waals surface area (Å²) in [4.78, 5) is 4.34. The van der Waals surface area contributed by atoms with Gasteiger partial charge in [-0.15, -0.1) is 5.10 Å². The summed E-state index contributed by atoms with van der Waals surface area (Å²) in [5.74, 6) is 1.07. The predicted octanol–water partition coefficient (Wildman–Crippen LogP) is 2.57. The Morgan fingerprint density at radius 1 is 0.913 bits per heavy atom. The first-order valence-corrected chi connectivity index (χ1v) is 6.99. The number of rotatable bonds is 3. The highest BCUT2D eigenvalue weighted by atomic mass is 16.5. The monoisotopic (exact) mass is 304 g/mol. The largest absolute Gasteiger partial charge is 0.382 e. The van der Waals surface area contributed by atoms with Crippen LogP contribution in [0.3, 0.4) is 0 Å². The summed E-state index contributed by atoms with van der Waals surface area (Å²) in [6.07, 6.45) is 0. The second-order valence-corrected chi connectivity index (χ2v) is 4.86. The van der Waals surface area contributed by atoms with E-state index in [0.29, 0.717) is 17.3 Å². The number of hydrogen-bond donors (Lipinski definition) is 1. The van der Waals surface area contributed by atoms with Crippen LogP contribution in [0, 0.1) is 0 Å². The van der Waals surface area contributed by atoms with Crippen molar-refractivity contribution >= 4 is 5.82 Å². The van der Waals surface area contributed by atoms with Crippen LogP contribution >= 0.6 is 0 Å². The molecule has 2 heterocycles. The molecule has 4 aromatic rings. The number of hydrogen-bond acceptors (Lipinski definition) is 6. The minimum Gasteiger partial charge on any atom is -0.382 e. The van der Waals surface area contributed by atoms with Crippen LogP contribution in [-0.4, -0.2) is 25.1 Å². The fourth-order valence-electron chi connectivity index (χ4n) is 2.23. The summed E-state index contributed by atoms with van der Waals surface area (Å²) in [6, 6.07) is 19.0. The Bertz CT molecular complexity index is 930. The van der Waals surface area contributed by atoms with Crippen LogP contribution in [0.4, 0.5) is 5.82 Å². The van der Waals surface area contributed by atoms with Gasteiger partial charge in [-0.2, -0.15) is 9.67 Å². The lowest BCUT2D eigenvalue weighted by Gasteiger charge is -2.01. The SMILES string of the molecule is Nc1c(-c2nc(-c3ccccc3)no2)nnn1-c1ccccc1. The van der Waals surface area contributed by atoms with Gasteiger partial charge in [0.25, 0.3) is 5.89 Å². The molecule has 0 aliphatic heterocycles. The predicted molar refractivity (Wildman–Crippen MR) is 84.5 cm³/mol. The summed E-state index contributed by atoms with van der Waals surface area (Å²) >= 11 is 0. The third-order valence-corrected chi connectivity index (χ3v) is 3.37. The zero-order valence-corrected chi connectivity index (χ0v) is 12.0. The molecule has 2 aromatic carbocycles. The highest BCUT2D eigenvalue weighted by molar-refractivity contribution is 5.66. The average Bonchev–Trinajstić information content (AvgIpc) is 3.23. The van der Waals surface area contributed by atoms with Gasteiger partial charge in [-0.25, -0.2) is 0 Å². The topological polar surface area (TPSA) is 95.7 Å². The molecule has 2 aromatic heterocycles. The molecule has 0 aliphatic carbocycles. The molecule has 0 aliphatic rings. The Morgan fingerprint density at radius 3 is 2.35 bits per heavy atom. The molecule has 7 nitrogen and oxygen atoms in total. The summed E-state index contributed by atoms with van der Waals surface area (Å²) < 4.78 is 6.81. The van der Waals surface area contributed by atoms with Crippen LogP contribution in [0.1, 0.15) is 0 Å². The Labute approximate surface area is 131 Å². The van der Waals surface area contributed by atoms with Crippen molar-refractivity contribution in [3.63, 3.8) is 0 Å². The summed E-state index contributed by atoms with van der Waals surface area (Å²) in [6.45, 7) is 0. The van der Waals surface area contributed by atoms with Crippen molar-refractivity contribution in [1.29, 1.82) is 0 Å². The molecule has 0 bridgehead atoms. The fourth-order valence-corrected chi connectivity index (χ4v) is 2.23. The van der Waals surface area contributed by atoms with Crippen molar-refractivity contribution in [2.45, 2.75) is 0 Å². The van der Waals surface area contributed by atoms with E-state index in [-0.39, 0.29) is 5.89 Å². The van der Waals surface area contributed by atoms with Gasteiger partial charge < -0.3 is 10.3 Å². The van der Waals surface area contributed by atoms with Crippen LogP contribution < -0.4 is 5.73 Å². The number of nitrogens with two attached hydrogens (primary N) is 1. The Kier molecular flexibility index (Phi) is 3.09. The number of nitrogen functional groups attached to an aromatic ring is 1. The lowest BCUT2D eigenvalue weighted by atomic mass is 10.2. The Morgan fingerprint density at radius 2 is 1.61 bits per heavy atom. The van der Waals surface area contributed by atoms with Gasteiger partial charge in [0.05, 0.1) is 5.69 Å². The van der Waals surface area contributed by atoms with E-state index in [2.05, 4.69) is 20.5 Å². The van der Waals surface area contributed by atoms with Gasteiger partial charge in [0, 0.05) is 5.56 Å². The van der Waals surface area contributed by atoms with Crippen LogP contribution in [0.15, 0.2) is 65.2 Å². The molecule has 0 spiro atoms. The minimum atomic E-state index is 0.239. The highest BCUT2D eigenvalue weighted by Gasteiger charge is 2.19. The molecule has 0 amide bonds. The van der Waals surface area contributed by atoms with Crippen LogP contribution in [0.2, 0.25) is 0 Å². The van der Waals surface area contributed by atoms with Gasteiger partial charge in [0.2, 0.25) is 5.82 Å². The van der Waals surface area contributed by atoms with Crippen molar-refractivity contribution in [2.75, 3.05) is 5.73 Å². The molecule has 0 saturated carbocycles. The molecule has 23 heavy (non-hydrogen) atoms. The zero-order valence-electron chi connectivity index (χ0n) is 12.0. The van der Waals surface area contributed by atoms with E-state index in [1.165, 1.54) is 4.68 Å². The second kappa shape index (κ2) is 5.38. The lowest BCUT2D eigenvalue weighted by molar-refractivity contribution is 0.431. The molecule has 0 saturated heterocycles. The number of anilines is 1. The number of para-hydroxylation sites is 1. The second-order valence-electron chi connectivity index (χ2n) is 4.86. The maximum Gasteiger partial charge on any atom is 0.282 e. The summed E-state index contributed by atoms with van der Waals surface area (Å²) in [7, 11) is 0. The third-order valence-electron chi connectivity index (χ3n) is 3.37.